The summed E-state index contributed by atoms with van der Waals surface area (Å²) in [5, 5.41) is 1.60. The maximum atomic E-state index is 12.7. The van der Waals surface area contributed by atoms with Gasteiger partial charge in [-0.25, -0.2) is 4.79 Å². The number of nitrogens with two attached hydrogens (primary N) is 1. The minimum atomic E-state index is -0.337. The molecule has 0 unspecified atom stereocenters. The number of nitrogens with zero attached hydrogens (tertiary/aromatic N) is 2. The summed E-state index contributed by atoms with van der Waals surface area (Å²) in [6.45, 7) is 10.9. The number of aromatic nitrogens is 1. The van der Waals surface area contributed by atoms with Crippen molar-refractivity contribution >= 4 is 62.0 Å². The molecule has 11 heteroatoms. The number of hydrogen-bond acceptors (Lipinski definition) is 8. The van der Waals surface area contributed by atoms with Crippen molar-refractivity contribution < 1.29 is 28.6 Å². The Bertz CT molecular complexity index is 1680. The van der Waals surface area contributed by atoms with Gasteiger partial charge in [0.25, 0.3) is 5.91 Å². The van der Waals surface area contributed by atoms with Crippen LogP contribution in [0.4, 0.5) is 5.69 Å². The molecule has 0 spiro atoms. The van der Waals surface area contributed by atoms with Crippen molar-refractivity contribution in [3.05, 3.63) is 92.5 Å². The van der Waals surface area contributed by atoms with Crippen LogP contribution in [-0.2, 0) is 20.8 Å². The molecule has 3 aromatic carbocycles. The van der Waals surface area contributed by atoms with Gasteiger partial charge < -0.3 is 19.9 Å². The van der Waals surface area contributed by atoms with Crippen LogP contribution in [-0.4, -0.2) is 60.7 Å². The van der Waals surface area contributed by atoms with Gasteiger partial charge in [-0.2, -0.15) is 0 Å². The van der Waals surface area contributed by atoms with Crippen molar-refractivity contribution in [3.8, 4) is 5.75 Å². The first-order chi connectivity index (χ1) is 23.0. The van der Waals surface area contributed by atoms with Crippen molar-refractivity contribution in [2.45, 2.75) is 59.9 Å². The lowest BCUT2D eigenvalue weighted by Crippen LogP contribution is -2.23. The number of carbonyl (C=O) groups excluding carboxylic acids is 3. The predicted molar refractivity (Wildman–Crippen MR) is 195 cm³/mol. The SMILES string of the molecule is CCN(CC)Cc1cc(C(=O)OCCCCCCOC(C)=O)cc(Br)c1N.COc1ccc2c(c1)cc(C)n2C(=O)c1ccc(Cl)cc1. The molecule has 2 N–H and O–H groups in total. The summed E-state index contributed by atoms with van der Waals surface area (Å²) in [4.78, 5) is 37.9. The van der Waals surface area contributed by atoms with Crippen LogP contribution >= 0.6 is 27.5 Å². The van der Waals surface area contributed by atoms with Gasteiger partial charge in [0.2, 0.25) is 0 Å². The number of hydrogen-bond donors (Lipinski definition) is 1. The topological polar surface area (TPSA) is 113 Å². The maximum Gasteiger partial charge on any atom is 0.338 e. The van der Waals surface area contributed by atoms with E-state index in [4.69, 9.17) is 31.5 Å². The fourth-order valence-corrected chi connectivity index (χ4v) is 5.71. The zero-order valence-electron chi connectivity index (χ0n) is 28.3. The van der Waals surface area contributed by atoms with E-state index in [0.29, 0.717) is 46.1 Å². The van der Waals surface area contributed by atoms with Crippen molar-refractivity contribution in [2.75, 3.05) is 39.1 Å². The van der Waals surface area contributed by atoms with Gasteiger partial charge in [0.05, 0.1) is 37.1 Å². The summed E-state index contributed by atoms with van der Waals surface area (Å²) in [6, 6.07) is 18.1. The first kappa shape index (κ1) is 38.6. The lowest BCUT2D eigenvalue weighted by Gasteiger charge is -2.20. The molecule has 0 fully saturated rings. The largest absolute Gasteiger partial charge is 0.497 e. The van der Waals surface area contributed by atoms with E-state index >= 15 is 0 Å². The van der Waals surface area contributed by atoms with Crippen LogP contribution in [0, 0.1) is 6.92 Å². The first-order valence-corrected chi connectivity index (χ1v) is 17.2. The van der Waals surface area contributed by atoms with E-state index in [9.17, 15) is 14.4 Å². The van der Waals surface area contributed by atoms with Gasteiger partial charge >= 0.3 is 11.9 Å². The Kier molecular flexibility index (Phi) is 15.4. The third-order valence-corrected chi connectivity index (χ3v) is 8.71. The second kappa shape index (κ2) is 19.2. The van der Waals surface area contributed by atoms with Crippen LogP contribution in [0.5, 0.6) is 5.75 Å². The van der Waals surface area contributed by atoms with Crippen molar-refractivity contribution in [2.24, 2.45) is 0 Å². The number of benzene rings is 3. The zero-order valence-corrected chi connectivity index (χ0v) is 30.7. The third kappa shape index (κ3) is 11.1. The van der Waals surface area contributed by atoms with Crippen molar-refractivity contribution in [1.82, 2.24) is 9.47 Å². The summed E-state index contributed by atoms with van der Waals surface area (Å²) in [5.74, 6) is 0.123. The first-order valence-electron chi connectivity index (χ1n) is 16.1. The van der Waals surface area contributed by atoms with E-state index in [-0.39, 0.29) is 17.8 Å². The number of anilines is 1. The molecule has 0 saturated carbocycles. The molecule has 0 radical (unpaired) electrons. The van der Waals surface area contributed by atoms with Crippen LogP contribution < -0.4 is 10.5 Å². The standard InChI is InChI=1S/C20H31BrN2O4.C17H14ClNO2/c1-4-23(5-2)14-17-12-16(13-18(21)19(17)22)20(25)27-11-9-7-6-8-10-26-15(3)24;1-11-9-13-10-15(21-2)7-8-16(13)19(11)17(20)12-3-5-14(18)6-4-12/h12-13H,4-11,14,22H2,1-3H3;3-10H,1-2H3. The smallest absolute Gasteiger partial charge is 0.338 e. The summed E-state index contributed by atoms with van der Waals surface area (Å²) in [6.07, 6.45) is 3.47. The second-order valence-corrected chi connectivity index (χ2v) is 12.5. The van der Waals surface area contributed by atoms with Gasteiger partial charge in [-0.1, -0.05) is 25.4 Å². The van der Waals surface area contributed by atoms with Crippen LogP contribution in [0.1, 0.15) is 78.4 Å². The third-order valence-electron chi connectivity index (χ3n) is 7.80. The van der Waals surface area contributed by atoms with Crippen LogP contribution in [0.15, 0.2) is 65.1 Å². The zero-order chi connectivity index (χ0) is 35.2. The van der Waals surface area contributed by atoms with Gasteiger partial charge in [-0.15, -0.1) is 0 Å². The van der Waals surface area contributed by atoms with Crippen molar-refractivity contribution in [1.29, 1.82) is 0 Å². The van der Waals surface area contributed by atoms with Gasteiger partial charge in [-0.05, 0) is 128 Å². The Hall–Kier alpha value is -3.86. The van der Waals surface area contributed by atoms with Crippen LogP contribution in [0.3, 0.4) is 0 Å². The summed E-state index contributed by atoms with van der Waals surface area (Å²) in [7, 11) is 1.63. The molecule has 0 aliphatic heterocycles. The Labute approximate surface area is 296 Å². The number of ether oxygens (including phenoxy) is 3. The number of rotatable bonds is 14. The highest BCUT2D eigenvalue weighted by atomic mass is 79.9. The molecule has 4 rings (SSSR count). The Morgan fingerprint density at radius 1 is 0.875 bits per heavy atom. The minimum absolute atomic E-state index is 0.0654. The highest BCUT2D eigenvalue weighted by Crippen LogP contribution is 2.28. The number of nitrogen functional groups attached to an aromatic ring is 1. The van der Waals surface area contributed by atoms with Gasteiger partial charge in [0.15, 0.2) is 0 Å². The molecule has 0 amide bonds. The molecule has 1 heterocycles. The van der Waals surface area contributed by atoms with E-state index in [1.807, 2.05) is 37.3 Å². The van der Waals surface area contributed by atoms with Crippen LogP contribution in [0.2, 0.25) is 5.02 Å². The average Bonchev–Trinajstić information content (AvgIpc) is 3.41. The fraction of sp³-hybridized carbons (Fsp3) is 0.378. The molecule has 258 valence electrons. The number of halogens is 2. The van der Waals surface area contributed by atoms with Crippen LogP contribution in [0.25, 0.3) is 10.9 Å². The Morgan fingerprint density at radius 3 is 2.12 bits per heavy atom. The predicted octanol–water partition coefficient (Wildman–Crippen LogP) is 8.45. The Morgan fingerprint density at radius 2 is 1.52 bits per heavy atom. The maximum absolute atomic E-state index is 12.7. The molecule has 0 aliphatic carbocycles. The second-order valence-electron chi connectivity index (χ2n) is 11.2. The molecule has 48 heavy (non-hydrogen) atoms. The molecule has 0 aliphatic rings. The number of aryl methyl sites for hydroxylation is 1. The molecule has 0 atom stereocenters. The lowest BCUT2D eigenvalue weighted by atomic mass is 10.1. The Balaban J connectivity index is 0.000000267. The fourth-order valence-electron chi connectivity index (χ4n) is 5.08. The number of unbranched alkanes of at least 4 members (excludes halogenated alkanes) is 3. The van der Waals surface area contributed by atoms with E-state index in [1.54, 1.807) is 42.0 Å². The number of methoxy groups -OCH3 is 1. The van der Waals surface area contributed by atoms with E-state index in [1.165, 1.54) is 6.92 Å². The number of carbonyl (C=O) groups is 3. The number of fused-ring (bicyclic) bond motifs is 1. The van der Waals surface area contributed by atoms with E-state index in [2.05, 4.69) is 34.7 Å². The molecule has 0 bridgehead atoms. The summed E-state index contributed by atoms with van der Waals surface area (Å²) < 4.78 is 17.9. The van der Waals surface area contributed by atoms with Gasteiger partial charge in [0, 0.05) is 39.6 Å². The number of esters is 2. The molecule has 9 nitrogen and oxygen atoms in total. The normalized spacial score (nSPS) is 10.8. The monoisotopic (exact) mass is 741 g/mol. The summed E-state index contributed by atoms with van der Waals surface area (Å²) in [5.41, 5.74) is 10.6. The molecule has 1 aromatic heterocycles. The molecule has 0 saturated heterocycles. The molecule has 4 aromatic rings. The highest BCUT2D eigenvalue weighted by Gasteiger charge is 2.16. The highest BCUT2D eigenvalue weighted by molar-refractivity contribution is 9.10. The molecular weight excluding hydrogens is 698 g/mol. The summed E-state index contributed by atoms with van der Waals surface area (Å²) >= 11 is 9.31. The van der Waals surface area contributed by atoms with Crippen molar-refractivity contribution in [3.63, 3.8) is 0 Å². The van der Waals surface area contributed by atoms with E-state index < -0.39 is 0 Å². The van der Waals surface area contributed by atoms with E-state index in [0.717, 1.165) is 66.7 Å². The lowest BCUT2D eigenvalue weighted by molar-refractivity contribution is -0.141. The van der Waals surface area contributed by atoms with Gasteiger partial charge in [-0.3, -0.25) is 19.1 Å². The minimum Gasteiger partial charge on any atom is -0.497 e. The average molecular weight is 743 g/mol. The quantitative estimate of drug-likeness (QED) is 0.0778. The molecular formula is C37H45BrClN3O6. The van der Waals surface area contributed by atoms with Gasteiger partial charge in [0.1, 0.15) is 5.75 Å².